The monoisotopic (exact) mass is 333 g/mol. The molecule has 5 heteroatoms. The Morgan fingerprint density at radius 1 is 1.33 bits per heavy atom. The van der Waals surface area contributed by atoms with E-state index in [4.69, 9.17) is 0 Å². The predicted molar refractivity (Wildman–Crippen MR) is 84.3 cm³/mol. The maximum absolute atomic E-state index is 4.45. The molecule has 1 rings (SSSR count). The van der Waals surface area contributed by atoms with Crippen molar-refractivity contribution in [1.29, 1.82) is 0 Å². The fraction of sp³-hybridized carbons (Fsp3) is 0.769. The molecule has 0 bridgehead atoms. The summed E-state index contributed by atoms with van der Waals surface area (Å²) < 4.78 is 3.20. The van der Waals surface area contributed by atoms with Gasteiger partial charge in [-0.3, -0.25) is 4.68 Å². The number of halogens is 1. The highest BCUT2D eigenvalue weighted by molar-refractivity contribution is 9.10. The minimum absolute atomic E-state index is 0.341. The number of rotatable bonds is 7. The lowest BCUT2D eigenvalue weighted by Gasteiger charge is -2.20. The highest BCUT2D eigenvalue weighted by Crippen LogP contribution is 2.28. The zero-order valence-corrected chi connectivity index (χ0v) is 14.3. The number of thioether (sulfide) groups is 1. The Labute approximate surface area is 123 Å². The third kappa shape index (κ3) is 4.28. The van der Waals surface area contributed by atoms with Crippen LogP contribution in [0.2, 0.25) is 0 Å². The van der Waals surface area contributed by atoms with E-state index in [1.54, 1.807) is 0 Å². The van der Waals surface area contributed by atoms with Crippen LogP contribution in [-0.4, -0.2) is 28.3 Å². The van der Waals surface area contributed by atoms with Gasteiger partial charge in [-0.1, -0.05) is 13.8 Å². The topological polar surface area (TPSA) is 29.9 Å². The van der Waals surface area contributed by atoms with Crippen molar-refractivity contribution in [1.82, 2.24) is 15.1 Å². The number of hydrogen-bond donors (Lipinski definition) is 1. The third-order valence-electron chi connectivity index (χ3n) is 2.69. The highest BCUT2D eigenvalue weighted by atomic mass is 79.9. The van der Waals surface area contributed by atoms with E-state index < -0.39 is 0 Å². The van der Waals surface area contributed by atoms with Gasteiger partial charge in [-0.15, -0.1) is 0 Å². The first kappa shape index (κ1) is 16.1. The van der Waals surface area contributed by atoms with Crippen LogP contribution in [0.1, 0.15) is 45.5 Å². The molecule has 0 spiro atoms. The van der Waals surface area contributed by atoms with Crippen LogP contribution < -0.4 is 5.32 Å². The van der Waals surface area contributed by atoms with Crippen LogP contribution >= 0.6 is 27.7 Å². The molecule has 0 saturated heterocycles. The van der Waals surface area contributed by atoms with Crippen LogP contribution in [-0.2, 0) is 0 Å². The van der Waals surface area contributed by atoms with E-state index >= 15 is 0 Å². The number of nitrogens with one attached hydrogen (secondary N) is 1. The van der Waals surface area contributed by atoms with Crippen molar-refractivity contribution in [3.63, 3.8) is 0 Å². The summed E-state index contributed by atoms with van der Waals surface area (Å²) in [6.07, 6.45) is 1.90. The molecule has 1 N–H and O–H groups in total. The lowest BCUT2D eigenvalue weighted by Crippen LogP contribution is -2.24. The molecule has 0 aliphatic carbocycles. The van der Waals surface area contributed by atoms with Gasteiger partial charge in [0.25, 0.3) is 0 Å². The molecule has 0 aliphatic rings. The summed E-state index contributed by atoms with van der Waals surface area (Å²) in [5.74, 6) is 3.02. The van der Waals surface area contributed by atoms with Crippen molar-refractivity contribution in [3.8, 4) is 0 Å². The van der Waals surface area contributed by atoms with E-state index in [0.29, 0.717) is 12.1 Å². The standard InChI is InChI=1S/C13H24BrN3S/c1-9(2)7-18-8-12(15-5)13-11(14)6-16-17(13)10(3)4/h6,9-10,12,15H,7-8H2,1-5H3. The molecule has 104 valence electrons. The summed E-state index contributed by atoms with van der Waals surface area (Å²) in [5, 5.41) is 7.85. The van der Waals surface area contributed by atoms with E-state index in [1.807, 2.05) is 25.0 Å². The predicted octanol–water partition coefficient (Wildman–Crippen LogP) is 3.88. The van der Waals surface area contributed by atoms with Gasteiger partial charge >= 0.3 is 0 Å². The highest BCUT2D eigenvalue weighted by Gasteiger charge is 2.20. The molecule has 1 heterocycles. The molecule has 0 amide bonds. The largest absolute Gasteiger partial charge is 0.311 e. The van der Waals surface area contributed by atoms with E-state index in [2.05, 4.69) is 58.7 Å². The summed E-state index contributed by atoms with van der Waals surface area (Å²) in [7, 11) is 2.02. The molecule has 0 fully saturated rings. The normalized spacial score (nSPS) is 13.6. The molecule has 18 heavy (non-hydrogen) atoms. The summed E-state index contributed by atoms with van der Waals surface area (Å²) >= 11 is 5.61. The molecule has 1 unspecified atom stereocenters. The Balaban J connectivity index is 2.78. The van der Waals surface area contributed by atoms with E-state index in [9.17, 15) is 0 Å². The van der Waals surface area contributed by atoms with Gasteiger partial charge in [0.15, 0.2) is 0 Å². The van der Waals surface area contributed by atoms with Crippen LogP contribution in [0, 0.1) is 5.92 Å². The fourth-order valence-corrected chi connectivity index (χ4v) is 3.53. The van der Waals surface area contributed by atoms with E-state index in [0.717, 1.165) is 16.1 Å². The van der Waals surface area contributed by atoms with Crippen molar-refractivity contribution in [3.05, 3.63) is 16.4 Å². The first-order valence-electron chi connectivity index (χ1n) is 6.45. The number of hydrogen-bond acceptors (Lipinski definition) is 3. The van der Waals surface area contributed by atoms with Crippen LogP contribution in [0.25, 0.3) is 0 Å². The molecule has 3 nitrogen and oxygen atoms in total. The third-order valence-corrected chi connectivity index (χ3v) is 4.77. The Morgan fingerprint density at radius 3 is 2.50 bits per heavy atom. The van der Waals surface area contributed by atoms with Crippen molar-refractivity contribution in [2.75, 3.05) is 18.6 Å². The van der Waals surface area contributed by atoms with Gasteiger partial charge in [-0.25, -0.2) is 0 Å². The molecule has 1 aromatic heterocycles. The van der Waals surface area contributed by atoms with Crippen molar-refractivity contribution in [2.45, 2.75) is 39.8 Å². The van der Waals surface area contributed by atoms with Gasteiger partial charge < -0.3 is 5.32 Å². The first-order chi connectivity index (χ1) is 8.47. The van der Waals surface area contributed by atoms with Gasteiger partial charge in [0.2, 0.25) is 0 Å². The smallest absolute Gasteiger partial charge is 0.0707 e. The van der Waals surface area contributed by atoms with E-state index in [-0.39, 0.29) is 0 Å². The average Bonchev–Trinajstić information content (AvgIpc) is 2.66. The van der Waals surface area contributed by atoms with Crippen molar-refractivity contribution in [2.24, 2.45) is 5.92 Å². The summed E-state index contributed by atoms with van der Waals surface area (Å²) in [6.45, 7) is 8.85. The second kappa shape index (κ2) is 7.56. The maximum Gasteiger partial charge on any atom is 0.0707 e. The SMILES string of the molecule is CNC(CSCC(C)C)c1c(Br)cnn1C(C)C. The van der Waals surface area contributed by atoms with Gasteiger partial charge in [0.05, 0.1) is 22.4 Å². The van der Waals surface area contributed by atoms with Gasteiger partial charge in [-0.2, -0.15) is 16.9 Å². The molecule has 0 aromatic carbocycles. The van der Waals surface area contributed by atoms with E-state index in [1.165, 1.54) is 11.4 Å². The molecule has 0 aliphatic heterocycles. The van der Waals surface area contributed by atoms with Crippen molar-refractivity contribution >= 4 is 27.7 Å². The van der Waals surface area contributed by atoms with Gasteiger partial charge in [-0.05, 0) is 48.5 Å². The summed E-state index contributed by atoms with van der Waals surface area (Å²) in [4.78, 5) is 0. The zero-order valence-electron chi connectivity index (χ0n) is 11.9. The zero-order chi connectivity index (χ0) is 13.7. The van der Waals surface area contributed by atoms with Crippen LogP contribution in [0.15, 0.2) is 10.7 Å². The average molecular weight is 334 g/mol. The molecule has 1 atom stereocenters. The number of aromatic nitrogens is 2. The van der Waals surface area contributed by atoms with Gasteiger partial charge in [0.1, 0.15) is 0 Å². The molecule has 0 saturated carbocycles. The Bertz CT molecular complexity index is 363. The lowest BCUT2D eigenvalue weighted by atomic mass is 10.2. The lowest BCUT2D eigenvalue weighted by molar-refractivity contribution is 0.476. The maximum atomic E-state index is 4.45. The summed E-state index contributed by atoms with van der Waals surface area (Å²) in [5.41, 5.74) is 1.25. The molecular formula is C13H24BrN3S. The number of nitrogens with zero attached hydrogens (tertiary/aromatic N) is 2. The Kier molecular flexibility index (Phi) is 6.74. The van der Waals surface area contributed by atoms with Crippen LogP contribution in [0.4, 0.5) is 0 Å². The van der Waals surface area contributed by atoms with Crippen molar-refractivity contribution < 1.29 is 0 Å². The Hall–Kier alpha value is 0. The van der Waals surface area contributed by atoms with Gasteiger partial charge in [0, 0.05) is 11.8 Å². The van der Waals surface area contributed by atoms with Crippen LogP contribution in [0.3, 0.4) is 0 Å². The second-order valence-electron chi connectivity index (χ2n) is 5.19. The van der Waals surface area contributed by atoms with Crippen LogP contribution in [0.5, 0.6) is 0 Å². The molecular weight excluding hydrogens is 310 g/mol. The minimum Gasteiger partial charge on any atom is -0.311 e. The first-order valence-corrected chi connectivity index (χ1v) is 8.40. The Morgan fingerprint density at radius 2 is 2.00 bits per heavy atom. The quantitative estimate of drug-likeness (QED) is 0.821. The molecule has 1 aromatic rings. The second-order valence-corrected chi connectivity index (χ2v) is 7.12. The minimum atomic E-state index is 0.341. The fourth-order valence-electron chi connectivity index (χ4n) is 1.81. The summed E-state index contributed by atoms with van der Waals surface area (Å²) in [6, 6.07) is 0.727. The molecule has 0 radical (unpaired) electrons.